The maximum Gasteiger partial charge on any atom is 0.123 e. The minimum atomic E-state index is 0.322. The summed E-state index contributed by atoms with van der Waals surface area (Å²) >= 11 is 0. The average molecular weight is 204 g/mol. The van der Waals surface area contributed by atoms with E-state index in [1.165, 1.54) is 5.57 Å². The minimum absolute atomic E-state index is 0.322. The predicted molar refractivity (Wildman–Crippen MR) is 59.9 cm³/mol. The Labute approximate surface area is 90.6 Å². The van der Waals surface area contributed by atoms with Crippen LogP contribution in [0.15, 0.2) is 47.2 Å². The Morgan fingerprint density at radius 1 is 1.40 bits per heavy atom. The fraction of sp³-hybridized carbons (Fsp3) is 0.385. The fourth-order valence-corrected chi connectivity index (χ4v) is 1.91. The van der Waals surface area contributed by atoms with E-state index in [9.17, 15) is 0 Å². The van der Waals surface area contributed by atoms with Crippen LogP contribution in [0.2, 0.25) is 0 Å². The van der Waals surface area contributed by atoms with E-state index in [0.717, 1.165) is 23.5 Å². The molecule has 1 unspecified atom stereocenters. The van der Waals surface area contributed by atoms with Crippen molar-refractivity contribution < 1.29 is 9.47 Å². The molecule has 1 heterocycles. The normalized spacial score (nSPS) is 24.1. The van der Waals surface area contributed by atoms with Gasteiger partial charge in [0.1, 0.15) is 11.5 Å². The van der Waals surface area contributed by atoms with Crippen molar-refractivity contribution in [3.05, 3.63) is 47.2 Å². The number of rotatable bonds is 2. The van der Waals surface area contributed by atoms with E-state index in [0.29, 0.717) is 5.92 Å². The second-order valence-electron chi connectivity index (χ2n) is 3.82. The van der Waals surface area contributed by atoms with Crippen molar-refractivity contribution in [3.63, 3.8) is 0 Å². The van der Waals surface area contributed by atoms with Crippen LogP contribution in [0, 0.1) is 5.92 Å². The highest BCUT2D eigenvalue weighted by atomic mass is 16.5. The summed E-state index contributed by atoms with van der Waals surface area (Å²) in [7, 11) is 1.71. The lowest BCUT2D eigenvalue weighted by atomic mass is 9.95. The summed E-state index contributed by atoms with van der Waals surface area (Å²) in [6, 6.07) is 0. The van der Waals surface area contributed by atoms with Gasteiger partial charge in [-0.25, -0.2) is 0 Å². The summed E-state index contributed by atoms with van der Waals surface area (Å²) in [5.41, 5.74) is 2.40. The number of allylic oxidation sites excluding steroid dienone is 5. The van der Waals surface area contributed by atoms with Crippen molar-refractivity contribution in [1.82, 2.24) is 0 Å². The fourth-order valence-electron chi connectivity index (χ4n) is 1.91. The summed E-state index contributed by atoms with van der Waals surface area (Å²) in [5, 5.41) is 0. The van der Waals surface area contributed by atoms with Gasteiger partial charge in [0.15, 0.2) is 0 Å². The molecule has 1 aliphatic carbocycles. The molecule has 0 aromatic rings. The van der Waals surface area contributed by atoms with Crippen molar-refractivity contribution in [2.45, 2.75) is 20.3 Å². The Kier molecular flexibility index (Phi) is 2.67. The third-order valence-electron chi connectivity index (χ3n) is 2.82. The van der Waals surface area contributed by atoms with Gasteiger partial charge >= 0.3 is 0 Å². The van der Waals surface area contributed by atoms with Crippen molar-refractivity contribution >= 4 is 0 Å². The SMILES string of the molecule is CCC1=COC2=CC1C=C(OC)C(C)=C2. The van der Waals surface area contributed by atoms with Gasteiger partial charge in [-0.2, -0.15) is 0 Å². The quantitative estimate of drug-likeness (QED) is 0.687. The van der Waals surface area contributed by atoms with Gasteiger partial charge in [-0.1, -0.05) is 6.92 Å². The molecule has 0 radical (unpaired) electrons. The molecule has 0 aromatic heterocycles. The molecular weight excluding hydrogens is 188 g/mol. The first kappa shape index (κ1) is 10.1. The number of hydrogen-bond acceptors (Lipinski definition) is 2. The molecule has 2 rings (SSSR count). The van der Waals surface area contributed by atoms with Gasteiger partial charge < -0.3 is 9.47 Å². The smallest absolute Gasteiger partial charge is 0.123 e. The Balaban J connectivity index is 2.38. The van der Waals surface area contributed by atoms with Crippen LogP contribution in [0.1, 0.15) is 20.3 Å². The zero-order chi connectivity index (χ0) is 10.8. The molecule has 2 aliphatic rings. The molecule has 1 aliphatic heterocycles. The highest BCUT2D eigenvalue weighted by molar-refractivity contribution is 5.40. The van der Waals surface area contributed by atoms with Gasteiger partial charge in [-0.3, -0.25) is 0 Å². The number of ether oxygens (including phenoxy) is 2. The summed E-state index contributed by atoms with van der Waals surface area (Å²) < 4.78 is 10.9. The van der Waals surface area contributed by atoms with E-state index in [1.807, 2.05) is 19.3 Å². The van der Waals surface area contributed by atoms with Gasteiger partial charge in [0.05, 0.1) is 13.4 Å². The summed E-state index contributed by atoms with van der Waals surface area (Å²) in [4.78, 5) is 0. The molecule has 0 fully saturated rings. The second-order valence-corrected chi connectivity index (χ2v) is 3.82. The Morgan fingerprint density at radius 2 is 2.20 bits per heavy atom. The van der Waals surface area contributed by atoms with Crippen LogP contribution in [-0.4, -0.2) is 7.11 Å². The zero-order valence-electron chi connectivity index (χ0n) is 9.41. The molecule has 0 aromatic carbocycles. The number of fused-ring (bicyclic) bond motifs is 1. The molecule has 0 saturated heterocycles. The summed E-state index contributed by atoms with van der Waals surface area (Å²) in [6.07, 6.45) is 9.16. The zero-order valence-corrected chi connectivity index (χ0v) is 9.41. The molecule has 80 valence electrons. The molecule has 15 heavy (non-hydrogen) atoms. The first-order chi connectivity index (χ1) is 7.24. The minimum Gasteiger partial charge on any atom is -0.497 e. The molecule has 0 amide bonds. The van der Waals surface area contributed by atoms with Crippen molar-refractivity contribution in [2.24, 2.45) is 5.92 Å². The van der Waals surface area contributed by atoms with E-state index in [1.54, 1.807) is 7.11 Å². The highest BCUT2D eigenvalue weighted by Gasteiger charge is 2.19. The highest BCUT2D eigenvalue weighted by Crippen LogP contribution is 2.31. The van der Waals surface area contributed by atoms with E-state index < -0.39 is 0 Å². The average Bonchev–Trinajstić information content (AvgIpc) is 2.36. The maximum absolute atomic E-state index is 5.53. The van der Waals surface area contributed by atoms with E-state index in [4.69, 9.17) is 9.47 Å². The van der Waals surface area contributed by atoms with Gasteiger partial charge in [0.2, 0.25) is 0 Å². The first-order valence-corrected chi connectivity index (χ1v) is 5.26. The van der Waals surface area contributed by atoms with Crippen LogP contribution in [0.3, 0.4) is 0 Å². The number of hydrogen-bond donors (Lipinski definition) is 0. The van der Waals surface area contributed by atoms with Crippen LogP contribution in [0.4, 0.5) is 0 Å². The van der Waals surface area contributed by atoms with Crippen LogP contribution >= 0.6 is 0 Å². The van der Waals surface area contributed by atoms with E-state index in [-0.39, 0.29) is 0 Å². The van der Waals surface area contributed by atoms with Gasteiger partial charge in [-0.15, -0.1) is 0 Å². The van der Waals surface area contributed by atoms with Crippen molar-refractivity contribution in [2.75, 3.05) is 7.11 Å². The van der Waals surface area contributed by atoms with Crippen molar-refractivity contribution in [3.8, 4) is 0 Å². The number of methoxy groups -OCH3 is 1. The predicted octanol–water partition coefficient (Wildman–Crippen LogP) is 3.30. The van der Waals surface area contributed by atoms with Gasteiger partial charge in [-0.05, 0) is 42.7 Å². The Hall–Kier alpha value is -1.44. The second kappa shape index (κ2) is 3.97. The molecule has 0 N–H and O–H groups in total. The molecule has 0 spiro atoms. The van der Waals surface area contributed by atoms with E-state index in [2.05, 4.69) is 19.1 Å². The maximum atomic E-state index is 5.53. The monoisotopic (exact) mass is 204 g/mol. The van der Waals surface area contributed by atoms with Crippen LogP contribution < -0.4 is 0 Å². The standard InChI is InChI=1S/C13H16O2/c1-4-10-8-15-12-5-9(2)13(14-3)7-11(10)6-12/h5-8,11H,4H2,1-3H3. The van der Waals surface area contributed by atoms with Gasteiger partial charge in [0.25, 0.3) is 0 Å². The molecule has 1 atom stereocenters. The summed E-state index contributed by atoms with van der Waals surface area (Å²) in [6.45, 7) is 4.17. The topological polar surface area (TPSA) is 18.5 Å². The first-order valence-electron chi connectivity index (χ1n) is 5.26. The third kappa shape index (κ3) is 1.84. The Bertz CT molecular complexity index is 383. The Morgan fingerprint density at radius 3 is 2.87 bits per heavy atom. The molecule has 2 nitrogen and oxygen atoms in total. The molecule has 2 heteroatoms. The molecular formula is C13H16O2. The third-order valence-corrected chi connectivity index (χ3v) is 2.82. The lowest BCUT2D eigenvalue weighted by molar-refractivity contribution is 0.298. The van der Waals surface area contributed by atoms with Crippen LogP contribution in [0.5, 0.6) is 0 Å². The lowest BCUT2D eigenvalue weighted by Crippen LogP contribution is -2.04. The lowest BCUT2D eigenvalue weighted by Gasteiger charge is -2.17. The van der Waals surface area contributed by atoms with E-state index >= 15 is 0 Å². The molecule has 0 saturated carbocycles. The molecule has 2 bridgehead atoms. The summed E-state index contributed by atoms with van der Waals surface area (Å²) in [5.74, 6) is 2.18. The van der Waals surface area contributed by atoms with Crippen LogP contribution in [0.25, 0.3) is 0 Å². The largest absolute Gasteiger partial charge is 0.497 e. The van der Waals surface area contributed by atoms with Crippen LogP contribution in [-0.2, 0) is 9.47 Å². The van der Waals surface area contributed by atoms with Crippen molar-refractivity contribution in [1.29, 1.82) is 0 Å². The van der Waals surface area contributed by atoms with Gasteiger partial charge in [0, 0.05) is 5.92 Å².